The summed E-state index contributed by atoms with van der Waals surface area (Å²) in [5, 5.41) is 3.75. The standard InChI is InChI=1S/C12H25N/c1-3-4-8-11(2)13-12-9-6-5-7-10-12/h11-13H,3-10H2,1-2H3. The molecule has 0 saturated heterocycles. The predicted molar refractivity (Wildman–Crippen MR) is 59.0 cm³/mol. The smallest absolute Gasteiger partial charge is 0.00695 e. The summed E-state index contributed by atoms with van der Waals surface area (Å²) in [5.41, 5.74) is 0. The van der Waals surface area contributed by atoms with E-state index in [-0.39, 0.29) is 0 Å². The lowest BCUT2D eigenvalue weighted by Gasteiger charge is -2.26. The Morgan fingerprint density at radius 3 is 2.54 bits per heavy atom. The van der Waals surface area contributed by atoms with Crippen molar-refractivity contribution in [2.45, 2.75) is 77.3 Å². The first-order valence-corrected chi connectivity index (χ1v) is 6.09. The zero-order valence-electron chi connectivity index (χ0n) is 9.31. The minimum Gasteiger partial charge on any atom is -0.312 e. The van der Waals surface area contributed by atoms with Gasteiger partial charge in [-0.25, -0.2) is 0 Å². The summed E-state index contributed by atoms with van der Waals surface area (Å²) in [6.07, 6.45) is 11.2. The van der Waals surface area contributed by atoms with Crippen LogP contribution in [-0.4, -0.2) is 12.1 Å². The van der Waals surface area contributed by atoms with Crippen LogP contribution < -0.4 is 5.32 Å². The maximum atomic E-state index is 3.75. The molecule has 1 fully saturated rings. The molecule has 1 N–H and O–H groups in total. The molecule has 1 aliphatic carbocycles. The first kappa shape index (κ1) is 11.0. The van der Waals surface area contributed by atoms with Crippen molar-refractivity contribution < 1.29 is 0 Å². The molecule has 1 unspecified atom stereocenters. The topological polar surface area (TPSA) is 12.0 Å². The number of hydrogen-bond donors (Lipinski definition) is 1. The molecule has 0 aromatic heterocycles. The molecule has 1 rings (SSSR count). The first-order valence-electron chi connectivity index (χ1n) is 6.09. The molecule has 1 saturated carbocycles. The SMILES string of the molecule is CCCCC(C)NC1CCCCC1. The van der Waals surface area contributed by atoms with Gasteiger partial charge in [0.2, 0.25) is 0 Å². The zero-order chi connectivity index (χ0) is 9.52. The van der Waals surface area contributed by atoms with E-state index in [1.165, 1.54) is 51.4 Å². The fourth-order valence-electron chi connectivity index (χ4n) is 2.27. The van der Waals surface area contributed by atoms with Crippen molar-refractivity contribution in [1.82, 2.24) is 5.32 Å². The van der Waals surface area contributed by atoms with Gasteiger partial charge in [0.1, 0.15) is 0 Å². The van der Waals surface area contributed by atoms with E-state index < -0.39 is 0 Å². The summed E-state index contributed by atoms with van der Waals surface area (Å²) < 4.78 is 0. The summed E-state index contributed by atoms with van der Waals surface area (Å²) in [6, 6.07) is 1.57. The minimum absolute atomic E-state index is 0.739. The van der Waals surface area contributed by atoms with E-state index in [4.69, 9.17) is 0 Å². The molecule has 1 atom stereocenters. The van der Waals surface area contributed by atoms with E-state index in [9.17, 15) is 0 Å². The quantitative estimate of drug-likeness (QED) is 0.688. The van der Waals surface area contributed by atoms with Crippen molar-refractivity contribution in [2.24, 2.45) is 0 Å². The van der Waals surface area contributed by atoms with Gasteiger partial charge in [-0.1, -0.05) is 39.0 Å². The van der Waals surface area contributed by atoms with Gasteiger partial charge in [0, 0.05) is 12.1 Å². The molecular formula is C12H25N. The highest BCUT2D eigenvalue weighted by molar-refractivity contribution is 4.74. The largest absolute Gasteiger partial charge is 0.312 e. The lowest BCUT2D eigenvalue weighted by Crippen LogP contribution is -2.37. The second kappa shape index (κ2) is 6.42. The maximum absolute atomic E-state index is 3.75. The Morgan fingerprint density at radius 1 is 1.23 bits per heavy atom. The molecule has 1 heteroatoms. The van der Waals surface area contributed by atoms with Crippen LogP contribution in [0.5, 0.6) is 0 Å². The molecule has 0 heterocycles. The van der Waals surface area contributed by atoms with Gasteiger partial charge in [0.15, 0.2) is 0 Å². The Bertz CT molecular complexity index is 116. The second-order valence-electron chi connectivity index (χ2n) is 4.54. The van der Waals surface area contributed by atoms with Gasteiger partial charge < -0.3 is 5.32 Å². The van der Waals surface area contributed by atoms with E-state index in [1.54, 1.807) is 0 Å². The van der Waals surface area contributed by atoms with Gasteiger partial charge in [-0.15, -0.1) is 0 Å². The van der Waals surface area contributed by atoms with Gasteiger partial charge in [-0.3, -0.25) is 0 Å². The Labute approximate surface area is 83.3 Å². The molecule has 1 aliphatic rings. The van der Waals surface area contributed by atoms with Crippen LogP contribution in [0.3, 0.4) is 0 Å². The van der Waals surface area contributed by atoms with Crippen LogP contribution in [0.1, 0.15) is 65.2 Å². The average Bonchev–Trinajstić information content (AvgIpc) is 2.16. The van der Waals surface area contributed by atoms with E-state index >= 15 is 0 Å². The van der Waals surface area contributed by atoms with Crippen LogP contribution in [0.4, 0.5) is 0 Å². The van der Waals surface area contributed by atoms with Crippen molar-refractivity contribution >= 4 is 0 Å². The summed E-state index contributed by atoms with van der Waals surface area (Å²) >= 11 is 0. The van der Waals surface area contributed by atoms with E-state index in [2.05, 4.69) is 19.2 Å². The second-order valence-corrected chi connectivity index (χ2v) is 4.54. The van der Waals surface area contributed by atoms with Gasteiger partial charge in [0.05, 0.1) is 0 Å². The highest BCUT2D eigenvalue weighted by Gasteiger charge is 2.14. The molecular weight excluding hydrogens is 158 g/mol. The Balaban J connectivity index is 2.07. The number of hydrogen-bond acceptors (Lipinski definition) is 1. The molecule has 78 valence electrons. The maximum Gasteiger partial charge on any atom is 0.00695 e. The van der Waals surface area contributed by atoms with Crippen LogP contribution in [0.25, 0.3) is 0 Å². The minimum atomic E-state index is 0.739. The molecule has 0 aliphatic heterocycles. The number of rotatable bonds is 5. The average molecular weight is 183 g/mol. The Hall–Kier alpha value is -0.0400. The van der Waals surface area contributed by atoms with Gasteiger partial charge in [0.25, 0.3) is 0 Å². The van der Waals surface area contributed by atoms with Gasteiger partial charge >= 0.3 is 0 Å². The van der Waals surface area contributed by atoms with Crippen LogP contribution in [-0.2, 0) is 0 Å². The van der Waals surface area contributed by atoms with Crippen LogP contribution in [0, 0.1) is 0 Å². The summed E-state index contributed by atoms with van der Waals surface area (Å²) in [5.74, 6) is 0. The monoisotopic (exact) mass is 183 g/mol. The Morgan fingerprint density at radius 2 is 1.92 bits per heavy atom. The number of unbranched alkanes of at least 4 members (excludes halogenated alkanes) is 1. The molecule has 1 nitrogen and oxygen atoms in total. The van der Waals surface area contributed by atoms with Crippen LogP contribution in [0.15, 0.2) is 0 Å². The lowest BCUT2D eigenvalue weighted by molar-refractivity contribution is 0.334. The molecule has 0 amide bonds. The normalized spacial score (nSPS) is 21.7. The summed E-state index contributed by atoms with van der Waals surface area (Å²) in [6.45, 7) is 4.61. The fraction of sp³-hybridized carbons (Fsp3) is 1.00. The lowest BCUT2D eigenvalue weighted by atomic mass is 9.94. The third-order valence-electron chi connectivity index (χ3n) is 3.12. The van der Waals surface area contributed by atoms with E-state index in [0.717, 1.165) is 12.1 Å². The van der Waals surface area contributed by atoms with Crippen molar-refractivity contribution in [3.8, 4) is 0 Å². The highest BCUT2D eigenvalue weighted by Crippen LogP contribution is 2.18. The van der Waals surface area contributed by atoms with Gasteiger partial charge in [-0.05, 0) is 26.2 Å². The molecule has 0 bridgehead atoms. The van der Waals surface area contributed by atoms with E-state index in [0.29, 0.717) is 0 Å². The molecule has 0 aromatic carbocycles. The highest BCUT2D eigenvalue weighted by atomic mass is 14.9. The Kier molecular flexibility index (Phi) is 5.45. The third kappa shape index (κ3) is 4.66. The van der Waals surface area contributed by atoms with Crippen LogP contribution in [0.2, 0.25) is 0 Å². The van der Waals surface area contributed by atoms with Crippen molar-refractivity contribution in [3.05, 3.63) is 0 Å². The summed E-state index contributed by atoms with van der Waals surface area (Å²) in [4.78, 5) is 0. The molecule has 0 aromatic rings. The third-order valence-corrected chi connectivity index (χ3v) is 3.12. The molecule has 13 heavy (non-hydrogen) atoms. The summed E-state index contributed by atoms with van der Waals surface area (Å²) in [7, 11) is 0. The zero-order valence-corrected chi connectivity index (χ0v) is 9.31. The van der Waals surface area contributed by atoms with E-state index in [1.807, 2.05) is 0 Å². The van der Waals surface area contributed by atoms with Gasteiger partial charge in [-0.2, -0.15) is 0 Å². The molecule has 0 radical (unpaired) electrons. The van der Waals surface area contributed by atoms with Crippen molar-refractivity contribution in [1.29, 1.82) is 0 Å². The molecule has 0 spiro atoms. The van der Waals surface area contributed by atoms with Crippen molar-refractivity contribution in [2.75, 3.05) is 0 Å². The van der Waals surface area contributed by atoms with Crippen LogP contribution >= 0.6 is 0 Å². The number of nitrogens with one attached hydrogen (secondary N) is 1. The first-order chi connectivity index (χ1) is 6.33. The predicted octanol–water partition coefficient (Wildman–Crippen LogP) is 3.49. The van der Waals surface area contributed by atoms with Crippen molar-refractivity contribution in [3.63, 3.8) is 0 Å². The fourth-order valence-corrected chi connectivity index (χ4v) is 2.27.